The molecule has 0 saturated heterocycles. The summed E-state index contributed by atoms with van der Waals surface area (Å²) < 4.78 is 2.10. The maximum atomic E-state index is 6.31. The zero-order valence-electron chi connectivity index (χ0n) is 10.7. The van der Waals surface area contributed by atoms with E-state index >= 15 is 0 Å². The molecule has 3 aromatic rings. The number of halogens is 3. The van der Waals surface area contributed by atoms with E-state index in [0.29, 0.717) is 10.8 Å². The fraction of sp³-hybridized carbons (Fsp3) is 0. The first-order valence-electron chi connectivity index (χ1n) is 6.12. The predicted octanol–water partition coefficient (Wildman–Crippen LogP) is 5.35. The van der Waals surface area contributed by atoms with E-state index in [4.69, 9.17) is 17.3 Å². The van der Waals surface area contributed by atoms with Gasteiger partial charge in [0.1, 0.15) is 0 Å². The monoisotopic (exact) mass is 473 g/mol. The highest BCUT2D eigenvalue weighted by Crippen LogP contribution is 2.40. The highest BCUT2D eigenvalue weighted by Gasteiger charge is 2.18. The number of nitrogen functional groups attached to an aromatic ring is 1. The van der Waals surface area contributed by atoms with Crippen molar-refractivity contribution >= 4 is 55.9 Å². The zero-order valence-corrected chi connectivity index (χ0v) is 15.2. The maximum absolute atomic E-state index is 6.31. The Morgan fingerprint density at radius 2 is 1.90 bits per heavy atom. The summed E-state index contributed by atoms with van der Waals surface area (Å²) in [4.78, 5) is 0. The quantitative estimate of drug-likeness (QED) is 0.492. The van der Waals surface area contributed by atoms with Gasteiger partial charge in [-0.2, -0.15) is 5.10 Å². The van der Waals surface area contributed by atoms with Gasteiger partial charge in [0, 0.05) is 24.2 Å². The fourth-order valence-electron chi connectivity index (χ4n) is 2.18. The van der Waals surface area contributed by atoms with E-state index in [1.165, 1.54) is 0 Å². The third-order valence-corrected chi connectivity index (χ3v) is 4.90. The van der Waals surface area contributed by atoms with E-state index < -0.39 is 0 Å². The van der Waals surface area contributed by atoms with E-state index in [1.807, 2.05) is 42.5 Å². The molecule has 3 nitrogen and oxygen atoms in total. The molecule has 1 aromatic heterocycles. The summed E-state index contributed by atoms with van der Waals surface area (Å²) in [6, 6.07) is 13.7. The van der Waals surface area contributed by atoms with Crippen molar-refractivity contribution in [2.45, 2.75) is 0 Å². The molecule has 0 amide bonds. The Kier molecular flexibility index (Phi) is 4.24. The lowest BCUT2D eigenvalue weighted by molar-refractivity contribution is 1.10. The normalized spacial score (nSPS) is 10.8. The summed E-state index contributed by atoms with van der Waals surface area (Å²) in [5.41, 5.74) is 9.65. The number of aromatic amines is 1. The number of nitrogens with two attached hydrogens (primary N) is 1. The van der Waals surface area contributed by atoms with Gasteiger partial charge in [0.05, 0.1) is 11.3 Å². The number of hydrogen-bond acceptors (Lipinski definition) is 2. The number of nitrogens with zero attached hydrogens (tertiary/aromatic N) is 1. The topological polar surface area (TPSA) is 54.7 Å². The molecule has 0 bridgehead atoms. The summed E-state index contributed by atoms with van der Waals surface area (Å²) >= 11 is 12.1. The Bertz CT molecular complexity index is 816. The van der Waals surface area contributed by atoms with Crippen molar-refractivity contribution in [3.05, 3.63) is 55.5 Å². The summed E-state index contributed by atoms with van der Waals surface area (Å²) in [6.07, 6.45) is 0. The molecule has 0 spiro atoms. The van der Waals surface area contributed by atoms with Crippen LogP contribution >= 0.6 is 50.1 Å². The maximum Gasteiger partial charge on any atom is 0.153 e. The average Bonchev–Trinajstić information content (AvgIpc) is 2.84. The molecule has 0 unspecified atom stereocenters. The van der Waals surface area contributed by atoms with E-state index in [9.17, 15) is 0 Å². The molecular formula is C15H10BrClIN3. The number of hydrogen-bond donors (Lipinski definition) is 2. The van der Waals surface area contributed by atoms with E-state index in [0.717, 1.165) is 30.4 Å². The molecule has 0 aliphatic heterocycles. The second-order valence-electron chi connectivity index (χ2n) is 4.46. The molecule has 3 N–H and O–H groups in total. The van der Waals surface area contributed by atoms with Crippen LogP contribution in [0.4, 0.5) is 5.82 Å². The van der Waals surface area contributed by atoms with Gasteiger partial charge in [-0.15, -0.1) is 0 Å². The van der Waals surface area contributed by atoms with E-state index in [1.54, 1.807) is 0 Å². The minimum absolute atomic E-state index is 0.439. The number of nitrogens with one attached hydrogen (secondary N) is 1. The van der Waals surface area contributed by atoms with Crippen molar-refractivity contribution in [3.63, 3.8) is 0 Å². The van der Waals surface area contributed by atoms with Crippen molar-refractivity contribution in [2.75, 3.05) is 5.73 Å². The van der Waals surface area contributed by atoms with Crippen LogP contribution in [0.2, 0.25) is 5.02 Å². The van der Waals surface area contributed by atoms with Crippen LogP contribution in [0.3, 0.4) is 0 Å². The molecule has 0 aliphatic rings. The summed E-state index contributed by atoms with van der Waals surface area (Å²) in [7, 11) is 0. The Labute approximate surface area is 149 Å². The van der Waals surface area contributed by atoms with Gasteiger partial charge >= 0.3 is 0 Å². The number of benzene rings is 2. The molecule has 106 valence electrons. The minimum Gasteiger partial charge on any atom is -0.382 e. The highest BCUT2D eigenvalue weighted by atomic mass is 127. The standard InChI is InChI=1S/C15H10BrClIN3/c16-8-5-6-12(18)10(7-8)14-13(15(19)21-20-14)9-3-1-2-4-11(9)17/h1-7H,(H3,19,20,21). The summed E-state index contributed by atoms with van der Waals surface area (Å²) in [5, 5.41) is 7.83. The molecule has 6 heteroatoms. The number of rotatable bonds is 2. The lowest BCUT2D eigenvalue weighted by atomic mass is 10.0. The largest absolute Gasteiger partial charge is 0.382 e. The van der Waals surface area contributed by atoms with Crippen molar-refractivity contribution in [1.82, 2.24) is 10.2 Å². The molecule has 0 aliphatic carbocycles. The van der Waals surface area contributed by atoms with Crippen LogP contribution in [0, 0.1) is 3.57 Å². The smallest absolute Gasteiger partial charge is 0.153 e. The van der Waals surface area contributed by atoms with E-state index in [2.05, 4.69) is 48.7 Å². The molecule has 1 heterocycles. The molecule has 0 fully saturated rings. The van der Waals surface area contributed by atoms with Crippen LogP contribution in [0.15, 0.2) is 46.9 Å². The van der Waals surface area contributed by atoms with Crippen molar-refractivity contribution in [2.24, 2.45) is 0 Å². The number of H-pyrrole nitrogens is 1. The molecular weight excluding hydrogens is 464 g/mol. The predicted molar refractivity (Wildman–Crippen MR) is 99.3 cm³/mol. The van der Waals surface area contributed by atoms with Gasteiger partial charge in [-0.3, -0.25) is 5.10 Å². The Morgan fingerprint density at radius 1 is 1.14 bits per heavy atom. The van der Waals surface area contributed by atoms with Crippen LogP contribution in [-0.4, -0.2) is 10.2 Å². The first-order chi connectivity index (χ1) is 10.1. The Balaban J connectivity index is 2.27. The SMILES string of the molecule is Nc1n[nH]c(-c2cc(Br)ccc2I)c1-c1ccccc1Cl. The molecule has 0 atom stereocenters. The van der Waals surface area contributed by atoms with Crippen LogP contribution in [0.1, 0.15) is 0 Å². The first-order valence-corrected chi connectivity index (χ1v) is 8.37. The van der Waals surface area contributed by atoms with Crippen molar-refractivity contribution in [3.8, 4) is 22.4 Å². The van der Waals surface area contributed by atoms with Gasteiger partial charge in [-0.05, 0) is 46.9 Å². The number of aromatic nitrogens is 2. The number of anilines is 1. The Morgan fingerprint density at radius 3 is 2.67 bits per heavy atom. The first kappa shape index (κ1) is 14.9. The second-order valence-corrected chi connectivity index (χ2v) is 6.95. The van der Waals surface area contributed by atoms with Crippen molar-refractivity contribution < 1.29 is 0 Å². The molecule has 2 aromatic carbocycles. The van der Waals surface area contributed by atoms with Crippen LogP contribution in [-0.2, 0) is 0 Å². The zero-order chi connectivity index (χ0) is 15.0. The van der Waals surface area contributed by atoms with Crippen LogP contribution < -0.4 is 5.73 Å². The molecule has 21 heavy (non-hydrogen) atoms. The Hall–Kier alpha value is -1.05. The van der Waals surface area contributed by atoms with Crippen LogP contribution in [0.5, 0.6) is 0 Å². The second kappa shape index (κ2) is 5.98. The van der Waals surface area contributed by atoms with E-state index in [-0.39, 0.29) is 0 Å². The third-order valence-electron chi connectivity index (χ3n) is 3.14. The van der Waals surface area contributed by atoms with Gasteiger partial charge in [-0.1, -0.05) is 45.7 Å². The molecule has 0 saturated carbocycles. The lowest BCUT2D eigenvalue weighted by Crippen LogP contribution is -1.90. The summed E-state index contributed by atoms with van der Waals surface area (Å²) in [5.74, 6) is 0.439. The molecule has 0 radical (unpaired) electrons. The minimum atomic E-state index is 0.439. The van der Waals surface area contributed by atoms with Gasteiger partial charge in [-0.25, -0.2) is 0 Å². The lowest BCUT2D eigenvalue weighted by Gasteiger charge is -2.09. The van der Waals surface area contributed by atoms with Gasteiger partial charge in [0.15, 0.2) is 5.82 Å². The summed E-state index contributed by atoms with van der Waals surface area (Å²) in [6.45, 7) is 0. The van der Waals surface area contributed by atoms with Crippen molar-refractivity contribution in [1.29, 1.82) is 0 Å². The van der Waals surface area contributed by atoms with Gasteiger partial charge in [0.25, 0.3) is 0 Å². The average molecular weight is 475 g/mol. The highest BCUT2D eigenvalue weighted by molar-refractivity contribution is 14.1. The fourth-order valence-corrected chi connectivity index (χ4v) is 3.37. The van der Waals surface area contributed by atoms with Gasteiger partial charge < -0.3 is 5.73 Å². The molecule has 3 rings (SSSR count). The van der Waals surface area contributed by atoms with Crippen LogP contribution in [0.25, 0.3) is 22.4 Å². The third kappa shape index (κ3) is 2.82. The van der Waals surface area contributed by atoms with Gasteiger partial charge in [0.2, 0.25) is 0 Å².